The molecule has 1 nitrogen and oxygen atoms in total. The predicted octanol–water partition coefficient (Wildman–Crippen LogP) is 1.08. The van der Waals surface area contributed by atoms with Gasteiger partial charge < -0.3 is 4.18 Å². The van der Waals surface area contributed by atoms with Crippen LogP contribution in [0.2, 0.25) is 0 Å². The highest BCUT2D eigenvalue weighted by atomic mass is 32.9. The molecule has 0 aliphatic carbocycles. The zero-order chi connectivity index (χ0) is 4.99. The second-order valence-electron chi connectivity index (χ2n) is 0.641. The van der Waals surface area contributed by atoms with E-state index < -0.39 is 8.91 Å². The van der Waals surface area contributed by atoms with Crippen molar-refractivity contribution < 1.29 is 4.18 Å². The van der Waals surface area contributed by atoms with E-state index in [4.69, 9.17) is 4.18 Å². The minimum atomic E-state index is -0.427. The predicted molar refractivity (Wildman–Crippen MR) is 34.7 cm³/mol. The van der Waals surface area contributed by atoms with Gasteiger partial charge >= 0.3 is 0 Å². The summed E-state index contributed by atoms with van der Waals surface area (Å²) in [5, 5.41) is 0. The summed E-state index contributed by atoms with van der Waals surface area (Å²) >= 11 is 4.60. The van der Waals surface area contributed by atoms with Crippen LogP contribution in [0.5, 0.6) is 0 Å². The molecule has 0 aromatic rings. The fourth-order valence-corrected chi connectivity index (χ4v) is 0.963. The summed E-state index contributed by atoms with van der Waals surface area (Å²) in [6.45, 7) is 2.60. The summed E-state index contributed by atoms with van der Waals surface area (Å²) in [5.74, 6) is 0. The zero-order valence-electron chi connectivity index (χ0n) is 3.43. The maximum atomic E-state index is 4.80. The first-order chi connectivity index (χ1) is 2.77. The van der Waals surface area contributed by atoms with Gasteiger partial charge in [0, 0.05) is 6.61 Å². The lowest BCUT2D eigenvalue weighted by molar-refractivity contribution is 0.405. The molecular weight excluding hydrogens is 135 g/mol. The molecule has 0 bridgehead atoms. The van der Waals surface area contributed by atoms with E-state index in [1.54, 1.807) is 0 Å². The van der Waals surface area contributed by atoms with Gasteiger partial charge in [-0.05, 0) is 6.92 Å². The summed E-state index contributed by atoms with van der Waals surface area (Å²) in [4.78, 5) is 0. The van der Waals surface area contributed by atoms with E-state index in [0.717, 1.165) is 0 Å². The molecule has 38 valence electrons. The lowest BCUT2D eigenvalue weighted by Gasteiger charge is -2.00. The molecule has 0 amide bonds. The molecule has 0 radical (unpaired) electrons. The summed E-state index contributed by atoms with van der Waals surface area (Å²) in [6, 6.07) is 0. The van der Waals surface area contributed by atoms with Crippen molar-refractivity contribution >= 4 is 28.1 Å². The average molecular weight is 141 g/mol. The van der Waals surface area contributed by atoms with Crippen LogP contribution in [0.25, 0.3) is 0 Å². The third-order valence-corrected chi connectivity index (χ3v) is 1.32. The second-order valence-corrected chi connectivity index (χ2v) is 4.25. The maximum Gasteiger partial charge on any atom is 0.0199 e. The highest BCUT2D eigenvalue weighted by Crippen LogP contribution is 1.76. The van der Waals surface area contributed by atoms with Crippen LogP contribution in [0.15, 0.2) is 0 Å². The van der Waals surface area contributed by atoms with Crippen LogP contribution in [-0.2, 0) is 24.3 Å². The molecular formula is C2H6OPS2-. The van der Waals surface area contributed by atoms with Crippen LogP contribution in [0.1, 0.15) is 6.92 Å². The number of rotatable bonds is 2. The van der Waals surface area contributed by atoms with Crippen molar-refractivity contribution in [2.24, 2.45) is 0 Å². The van der Waals surface area contributed by atoms with E-state index >= 15 is 0 Å². The van der Waals surface area contributed by atoms with Gasteiger partial charge in [0.15, 0.2) is 0 Å². The number of hydrogen-bond acceptors (Lipinski definition) is 3. The van der Waals surface area contributed by atoms with Gasteiger partial charge in [0.1, 0.15) is 0 Å². The molecule has 0 saturated carbocycles. The molecule has 0 aliphatic rings. The van der Waals surface area contributed by atoms with Crippen molar-refractivity contribution in [3.05, 3.63) is 0 Å². The van der Waals surface area contributed by atoms with E-state index in [0.29, 0.717) is 6.61 Å². The normalized spacial score (nSPS) is 9.67. The van der Waals surface area contributed by atoms with E-state index in [2.05, 4.69) is 19.2 Å². The van der Waals surface area contributed by atoms with Crippen molar-refractivity contribution in [1.82, 2.24) is 0 Å². The average Bonchev–Trinajstić information content (AvgIpc) is 1.35. The summed E-state index contributed by atoms with van der Waals surface area (Å²) in [5.41, 5.74) is 0. The maximum absolute atomic E-state index is 4.80. The SMILES string of the molecule is CCO[S-](=P)=S. The summed E-state index contributed by atoms with van der Waals surface area (Å²) in [7, 11) is 2.67. The van der Waals surface area contributed by atoms with Crippen LogP contribution >= 0.6 is 8.02 Å². The molecule has 0 N–H and O–H groups in total. The van der Waals surface area contributed by atoms with Crippen molar-refractivity contribution in [2.45, 2.75) is 6.92 Å². The van der Waals surface area contributed by atoms with Crippen molar-refractivity contribution in [3.8, 4) is 0 Å². The van der Waals surface area contributed by atoms with E-state index in [1.165, 1.54) is 0 Å². The Kier molecular flexibility index (Phi) is 4.56. The van der Waals surface area contributed by atoms with Gasteiger partial charge in [-0.1, -0.05) is 0 Å². The molecule has 0 atom stereocenters. The topological polar surface area (TPSA) is 9.23 Å². The van der Waals surface area contributed by atoms with Gasteiger partial charge in [-0.15, -0.1) is 0 Å². The fourth-order valence-electron chi connectivity index (χ4n) is 0.107. The first kappa shape index (κ1) is 6.83. The Morgan fingerprint density at radius 3 is 2.50 bits per heavy atom. The molecule has 0 heterocycles. The van der Waals surface area contributed by atoms with Crippen LogP contribution in [0, 0.1) is 0 Å². The first-order valence-corrected chi connectivity index (χ1v) is 4.83. The fraction of sp³-hybridized carbons (Fsp3) is 1.00. The van der Waals surface area contributed by atoms with Crippen LogP contribution in [0.4, 0.5) is 0 Å². The largest absolute Gasteiger partial charge is 0.473 e. The molecule has 0 rings (SSSR count). The van der Waals surface area contributed by atoms with Crippen LogP contribution in [-0.4, -0.2) is 6.61 Å². The van der Waals surface area contributed by atoms with Crippen molar-refractivity contribution in [3.63, 3.8) is 0 Å². The molecule has 0 saturated heterocycles. The van der Waals surface area contributed by atoms with Gasteiger partial charge in [-0.2, -0.15) is 0 Å². The monoisotopic (exact) mass is 141 g/mol. The Balaban J connectivity index is 3.07. The van der Waals surface area contributed by atoms with E-state index in [1.807, 2.05) is 6.92 Å². The molecule has 0 spiro atoms. The van der Waals surface area contributed by atoms with Gasteiger partial charge in [-0.3, -0.25) is 8.91 Å². The lowest BCUT2D eigenvalue weighted by Crippen LogP contribution is -1.78. The van der Waals surface area contributed by atoms with Crippen molar-refractivity contribution in [1.29, 1.82) is 0 Å². The molecule has 4 heteroatoms. The van der Waals surface area contributed by atoms with Crippen molar-refractivity contribution in [2.75, 3.05) is 6.61 Å². The highest BCUT2D eigenvalue weighted by Gasteiger charge is 1.52. The molecule has 0 unspecified atom stereocenters. The zero-order valence-corrected chi connectivity index (χ0v) is 6.06. The molecule has 6 heavy (non-hydrogen) atoms. The third-order valence-electron chi connectivity index (χ3n) is 0.225. The van der Waals surface area contributed by atoms with E-state index in [-0.39, 0.29) is 0 Å². The quantitative estimate of drug-likeness (QED) is 0.420. The molecule has 0 aromatic carbocycles. The summed E-state index contributed by atoms with van der Waals surface area (Å²) < 4.78 is 4.80. The lowest BCUT2D eigenvalue weighted by atomic mass is 10.9. The smallest absolute Gasteiger partial charge is 0.0199 e. The Hall–Kier alpha value is 0.830. The standard InChI is InChI=1S/C2H6OPS2/c1-2-3-6(4)5/h4H,2H2,1H3/q-1. The Labute approximate surface area is 46.3 Å². The van der Waals surface area contributed by atoms with E-state index in [9.17, 15) is 0 Å². The Bertz CT molecular complexity index is 79.5. The number of hydrogen-bond donors (Lipinski definition) is 0. The molecule has 0 fully saturated rings. The van der Waals surface area contributed by atoms with Crippen LogP contribution in [0.3, 0.4) is 0 Å². The first-order valence-electron chi connectivity index (χ1n) is 1.53. The van der Waals surface area contributed by atoms with Gasteiger partial charge in [0.05, 0.1) is 0 Å². The third kappa shape index (κ3) is 4.83. The van der Waals surface area contributed by atoms with Gasteiger partial charge in [0.25, 0.3) is 0 Å². The second kappa shape index (κ2) is 4.00. The Morgan fingerprint density at radius 1 is 2.00 bits per heavy atom. The molecule has 0 aromatic heterocycles. The van der Waals surface area contributed by atoms with Crippen LogP contribution < -0.4 is 0 Å². The van der Waals surface area contributed by atoms with Gasteiger partial charge in [-0.25, -0.2) is 19.2 Å². The minimum Gasteiger partial charge on any atom is -0.473 e. The summed E-state index contributed by atoms with van der Waals surface area (Å²) in [6.07, 6.45) is 0. The Morgan fingerprint density at radius 2 is 2.50 bits per heavy atom. The molecule has 0 aliphatic heterocycles. The minimum absolute atomic E-state index is 0.427. The highest BCUT2D eigenvalue weighted by molar-refractivity contribution is 8.36. The van der Waals surface area contributed by atoms with Gasteiger partial charge in [0.2, 0.25) is 0 Å².